The van der Waals surface area contributed by atoms with Crippen molar-refractivity contribution in [3.63, 3.8) is 0 Å². The zero-order valence-corrected chi connectivity index (χ0v) is 16.3. The highest BCUT2D eigenvalue weighted by molar-refractivity contribution is 5.80. The fourth-order valence-corrected chi connectivity index (χ4v) is 2.95. The predicted octanol–water partition coefficient (Wildman–Crippen LogP) is 2.74. The van der Waals surface area contributed by atoms with Crippen molar-refractivity contribution in [3.8, 4) is 5.75 Å². The molecule has 7 nitrogen and oxygen atoms in total. The van der Waals surface area contributed by atoms with Gasteiger partial charge in [0.25, 0.3) is 0 Å². The fraction of sp³-hybridized carbons (Fsp3) is 0.350. The van der Waals surface area contributed by atoms with Crippen LogP contribution in [0.15, 0.2) is 47.6 Å². The number of halogens is 1. The topological polar surface area (TPSA) is 75.8 Å². The highest BCUT2D eigenvalue weighted by Gasteiger charge is 2.11. The summed E-state index contributed by atoms with van der Waals surface area (Å²) in [5.41, 5.74) is 1.67. The third-order valence-corrected chi connectivity index (χ3v) is 4.51. The van der Waals surface area contributed by atoms with Crippen molar-refractivity contribution in [3.05, 3.63) is 59.8 Å². The number of fused-ring (bicyclic) bond motifs is 1. The maximum absolute atomic E-state index is 13.9. The fourth-order valence-electron chi connectivity index (χ4n) is 2.95. The Morgan fingerprint density at radius 1 is 1.29 bits per heavy atom. The molecule has 2 heterocycles. The van der Waals surface area contributed by atoms with Gasteiger partial charge in [-0.05, 0) is 43.2 Å². The van der Waals surface area contributed by atoms with Crippen molar-refractivity contribution in [1.29, 1.82) is 0 Å². The Bertz CT molecular complexity index is 955. The third-order valence-electron chi connectivity index (χ3n) is 4.51. The molecule has 0 amide bonds. The largest absolute Gasteiger partial charge is 0.494 e. The number of ether oxygens (including phenoxy) is 1. The van der Waals surface area contributed by atoms with E-state index in [1.165, 1.54) is 13.2 Å². The van der Waals surface area contributed by atoms with Crippen LogP contribution in [0.2, 0.25) is 0 Å². The molecule has 3 rings (SSSR count). The Hall–Kier alpha value is -3.16. The minimum atomic E-state index is -0.378. The summed E-state index contributed by atoms with van der Waals surface area (Å²) in [5.74, 6) is 1.45. The van der Waals surface area contributed by atoms with Gasteiger partial charge in [0.1, 0.15) is 5.82 Å². The molecule has 0 saturated heterocycles. The Kier molecular flexibility index (Phi) is 6.41. The van der Waals surface area contributed by atoms with Gasteiger partial charge in [0, 0.05) is 26.2 Å². The molecule has 0 fully saturated rings. The number of hydrogen-bond acceptors (Lipinski definition) is 4. The number of aromatic nitrogens is 3. The van der Waals surface area contributed by atoms with Gasteiger partial charge in [-0.15, -0.1) is 10.2 Å². The van der Waals surface area contributed by atoms with E-state index >= 15 is 0 Å². The number of aryl methyl sites for hydroxylation is 1. The average molecular weight is 384 g/mol. The number of guanidine groups is 1. The molecule has 1 unspecified atom stereocenters. The number of nitrogens with one attached hydrogen (secondary N) is 2. The summed E-state index contributed by atoms with van der Waals surface area (Å²) in [7, 11) is 3.16. The van der Waals surface area contributed by atoms with E-state index < -0.39 is 0 Å². The van der Waals surface area contributed by atoms with Gasteiger partial charge in [-0.2, -0.15) is 0 Å². The summed E-state index contributed by atoms with van der Waals surface area (Å²) >= 11 is 0. The zero-order valence-electron chi connectivity index (χ0n) is 16.3. The van der Waals surface area contributed by atoms with Crippen LogP contribution in [0.4, 0.5) is 4.39 Å². The first-order valence-electron chi connectivity index (χ1n) is 9.21. The number of rotatable bonds is 7. The molecule has 8 heteroatoms. The number of methoxy groups -OCH3 is 1. The molecule has 148 valence electrons. The number of aliphatic imine (C=N–C) groups is 1. The smallest absolute Gasteiger partial charge is 0.191 e. The molecule has 1 atom stereocenters. The molecular weight excluding hydrogens is 359 g/mol. The predicted molar refractivity (Wildman–Crippen MR) is 107 cm³/mol. The van der Waals surface area contributed by atoms with Crippen molar-refractivity contribution in [2.45, 2.75) is 25.8 Å². The van der Waals surface area contributed by atoms with Crippen LogP contribution in [0.5, 0.6) is 5.75 Å². The molecule has 0 aliphatic carbocycles. The Morgan fingerprint density at radius 2 is 2.14 bits per heavy atom. The van der Waals surface area contributed by atoms with E-state index in [1.54, 1.807) is 13.1 Å². The van der Waals surface area contributed by atoms with Crippen LogP contribution in [-0.4, -0.2) is 41.3 Å². The molecular formula is C20H25FN6O. The highest BCUT2D eigenvalue weighted by Crippen LogP contribution is 2.21. The van der Waals surface area contributed by atoms with Gasteiger partial charge in [-0.1, -0.05) is 12.1 Å². The molecule has 0 radical (unpaired) electrons. The molecule has 0 bridgehead atoms. The monoisotopic (exact) mass is 384 g/mol. The van der Waals surface area contributed by atoms with E-state index in [-0.39, 0.29) is 17.6 Å². The average Bonchev–Trinajstić information content (AvgIpc) is 3.13. The molecule has 1 aromatic carbocycles. The molecule has 2 aromatic heterocycles. The van der Waals surface area contributed by atoms with E-state index in [1.807, 2.05) is 41.8 Å². The quantitative estimate of drug-likeness (QED) is 0.372. The third kappa shape index (κ3) is 4.57. The van der Waals surface area contributed by atoms with Crippen LogP contribution in [0, 0.1) is 5.82 Å². The van der Waals surface area contributed by atoms with Crippen molar-refractivity contribution in [1.82, 2.24) is 25.2 Å². The lowest BCUT2D eigenvalue weighted by atomic mass is 10.1. The van der Waals surface area contributed by atoms with E-state index in [9.17, 15) is 4.39 Å². The molecule has 0 aliphatic rings. The van der Waals surface area contributed by atoms with E-state index in [4.69, 9.17) is 4.74 Å². The lowest BCUT2D eigenvalue weighted by Gasteiger charge is -2.18. The van der Waals surface area contributed by atoms with Crippen LogP contribution < -0.4 is 15.4 Å². The first-order valence-corrected chi connectivity index (χ1v) is 9.21. The van der Waals surface area contributed by atoms with Gasteiger partial charge >= 0.3 is 0 Å². The molecule has 0 spiro atoms. The van der Waals surface area contributed by atoms with Gasteiger partial charge in [0.05, 0.1) is 13.2 Å². The number of pyridine rings is 1. The van der Waals surface area contributed by atoms with Gasteiger partial charge in [0.2, 0.25) is 0 Å². The minimum Gasteiger partial charge on any atom is -0.494 e. The summed E-state index contributed by atoms with van der Waals surface area (Å²) < 4.78 is 20.9. The van der Waals surface area contributed by atoms with Crippen LogP contribution >= 0.6 is 0 Å². The van der Waals surface area contributed by atoms with Gasteiger partial charge in [-0.3, -0.25) is 9.39 Å². The summed E-state index contributed by atoms with van der Waals surface area (Å²) in [4.78, 5) is 4.24. The van der Waals surface area contributed by atoms with Crippen LogP contribution in [-0.2, 0) is 6.42 Å². The zero-order chi connectivity index (χ0) is 19.9. The molecule has 2 N–H and O–H groups in total. The van der Waals surface area contributed by atoms with E-state index in [0.717, 1.165) is 36.4 Å². The molecule has 3 aromatic rings. The first kappa shape index (κ1) is 19.6. The van der Waals surface area contributed by atoms with Crippen molar-refractivity contribution < 1.29 is 9.13 Å². The van der Waals surface area contributed by atoms with Crippen molar-refractivity contribution in [2.75, 3.05) is 20.7 Å². The Morgan fingerprint density at radius 3 is 2.89 bits per heavy atom. The second-order valence-corrected chi connectivity index (χ2v) is 6.41. The maximum Gasteiger partial charge on any atom is 0.191 e. The Labute approximate surface area is 163 Å². The van der Waals surface area contributed by atoms with E-state index in [2.05, 4.69) is 25.8 Å². The molecule has 0 saturated carbocycles. The summed E-state index contributed by atoms with van der Waals surface area (Å²) in [6, 6.07) is 10.7. The summed E-state index contributed by atoms with van der Waals surface area (Å²) in [5, 5.41) is 14.9. The maximum atomic E-state index is 13.9. The lowest BCUT2D eigenvalue weighted by Crippen LogP contribution is -2.39. The summed E-state index contributed by atoms with van der Waals surface area (Å²) in [6.07, 6.45) is 3.64. The van der Waals surface area contributed by atoms with Gasteiger partial charge in [0.15, 0.2) is 23.2 Å². The second-order valence-electron chi connectivity index (χ2n) is 6.41. The first-order chi connectivity index (χ1) is 13.6. The minimum absolute atomic E-state index is 0.105. The Balaban J connectivity index is 1.50. The molecule has 28 heavy (non-hydrogen) atoms. The van der Waals surface area contributed by atoms with Crippen LogP contribution in [0.3, 0.4) is 0 Å². The number of nitrogens with zero attached hydrogens (tertiary/aromatic N) is 4. The van der Waals surface area contributed by atoms with Crippen LogP contribution in [0.1, 0.15) is 30.8 Å². The van der Waals surface area contributed by atoms with Crippen molar-refractivity contribution in [2.24, 2.45) is 4.99 Å². The number of benzene rings is 1. The van der Waals surface area contributed by atoms with E-state index in [0.29, 0.717) is 5.96 Å². The number of hydrogen-bond donors (Lipinski definition) is 2. The van der Waals surface area contributed by atoms with Gasteiger partial charge < -0.3 is 15.4 Å². The van der Waals surface area contributed by atoms with Crippen molar-refractivity contribution >= 4 is 11.6 Å². The SMILES string of the molecule is CN=C(NCCCc1nnc2ccccn12)NC(C)c1ccc(OC)c(F)c1. The van der Waals surface area contributed by atoms with Crippen LogP contribution in [0.25, 0.3) is 5.65 Å². The normalized spacial score (nSPS) is 12.8. The van der Waals surface area contributed by atoms with Gasteiger partial charge in [-0.25, -0.2) is 4.39 Å². The lowest BCUT2D eigenvalue weighted by molar-refractivity contribution is 0.386. The molecule has 0 aliphatic heterocycles. The standard InChI is InChI=1S/C20H25FN6O/c1-14(15-9-10-17(28-3)16(21)13-15)24-20(22-2)23-11-6-8-19-26-25-18-7-4-5-12-27(18)19/h4-5,7,9-10,12-14H,6,8,11H2,1-3H3,(H2,22,23,24). The summed E-state index contributed by atoms with van der Waals surface area (Å²) in [6.45, 7) is 2.68. The highest BCUT2D eigenvalue weighted by atomic mass is 19.1. The second kappa shape index (κ2) is 9.16.